The summed E-state index contributed by atoms with van der Waals surface area (Å²) in [5, 5.41) is 30.0. The van der Waals surface area contributed by atoms with Gasteiger partial charge in [-0.3, -0.25) is 4.55 Å². The molecule has 0 aliphatic rings. The van der Waals surface area contributed by atoms with Crippen molar-refractivity contribution in [1.82, 2.24) is 0 Å². The zero-order valence-electron chi connectivity index (χ0n) is 11.5. The smallest absolute Gasteiger partial charge is 0.295 e. The van der Waals surface area contributed by atoms with E-state index >= 15 is 0 Å². The minimum Gasteiger partial charge on any atom is -0.345 e. The van der Waals surface area contributed by atoms with Gasteiger partial charge in [-0.05, 0) is 12.1 Å². The average molecular weight is 324 g/mol. The van der Waals surface area contributed by atoms with E-state index in [1.54, 1.807) is 30.3 Å². The molecule has 112 valence electrons. The van der Waals surface area contributed by atoms with Crippen LogP contribution in [0.15, 0.2) is 52.6 Å². The van der Waals surface area contributed by atoms with E-state index in [0.717, 1.165) is 0 Å². The monoisotopic (exact) mass is 324 g/mol. The van der Waals surface area contributed by atoms with Crippen LogP contribution in [0.25, 0.3) is 10.8 Å². The first-order valence-corrected chi connectivity index (χ1v) is 7.57. The van der Waals surface area contributed by atoms with Gasteiger partial charge in [0.25, 0.3) is 10.1 Å². The van der Waals surface area contributed by atoms with Crippen LogP contribution in [0.3, 0.4) is 0 Å². The summed E-state index contributed by atoms with van der Waals surface area (Å²) >= 11 is 0. The summed E-state index contributed by atoms with van der Waals surface area (Å²) in [7, 11) is -4.42. The molecule has 0 amide bonds. The molecule has 0 fully saturated rings. The molecule has 0 unspecified atom stereocenters. The summed E-state index contributed by atoms with van der Waals surface area (Å²) in [4.78, 5) is -0.276. The molecule has 0 saturated heterocycles. The lowest BCUT2D eigenvalue weighted by Gasteiger charge is -2.10. The Morgan fingerprint density at radius 3 is 2.13 bits per heavy atom. The summed E-state index contributed by atoms with van der Waals surface area (Å²) in [6.45, 7) is 0. The second-order valence-electron chi connectivity index (χ2n) is 4.34. The second-order valence-corrected chi connectivity index (χ2v) is 5.73. The van der Waals surface area contributed by atoms with Crippen molar-refractivity contribution in [1.29, 1.82) is 15.8 Å². The topological polar surface area (TPSA) is 138 Å². The molecule has 0 spiro atoms. The Balaban J connectivity index is 2.71. The zero-order chi connectivity index (χ0) is 17.0. The van der Waals surface area contributed by atoms with E-state index in [9.17, 15) is 13.0 Å². The van der Waals surface area contributed by atoms with Crippen LogP contribution in [-0.2, 0) is 10.1 Å². The molecule has 2 rings (SSSR count). The number of nitrogens with one attached hydrogen (secondary N) is 1. The van der Waals surface area contributed by atoms with E-state index in [2.05, 4.69) is 5.32 Å². The van der Waals surface area contributed by atoms with Crippen molar-refractivity contribution in [3.05, 3.63) is 47.7 Å². The normalized spacial score (nSPS) is 10.2. The van der Waals surface area contributed by atoms with Gasteiger partial charge >= 0.3 is 0 Å². The van der Waals surface area contributed by atoms with Gasteiger partial charge in [0, 0.05) is 16.5 Å². The van der Waals surface area contributed by atoms with Crippen LogP contribution >= 0.6 is 0 Å². The van der Waals surface area contributed by atoms with Crippen LogP contribution < -0.4 is 5.32 Å². The molecule has 0 radical (unpaired) electrons. The first-order valence-electron chi connectivity index (χ1n) is 6.13. The first kappa shape index (κ1) is 16.0. The number of nitrogens with zero attached hydrogens (tertiary/aromatic N) is 3. The van der Waals surface area contributed by atoms with E-state index in [0.29, 0.717) is 11.1 Å². The lowest BCUT2D eigenvalue weighted by Crippen LogP contribution is -2.03. The van der Waals surface area contributed by atoms with Gasteiger partial charge < -0.3 is 5.32 Å². The number of fused-ring (bicyclic) bond motifs is 1. The maximum atomic E-state index is 11.4. The Hall–Kier alpha value is -3.38. The molecule has 0 saturated carbocycles. The lowest BCUT2D eigenvalue weighted by molar-refractivity contribution is 0.484. The van der Waals surface area contributed by atoms with Crippen LogP contribution in [0, 0.1) is 34.0 Å². The number of anilines is 1. The standard InChI is InChI=1S/C15H8N4O3S/c16-7-10(8-17)14(9-18)19-13-5-1-4-12-11(13)3-2-6-15(12)23(20,21)22/h1-6,19H,(H,20,21,22). The number of rotatable bonds is 3. The fraction of sp³-hybridized carbons (Fsp3) is 0. The molecule has 2 aromatic carbocycles. The molecule has 7 nitrogen and oxygen atoms in total. The molecule has 0 atom stereocenters. The molecule has 2 aromatic rings. The molecule has 0 heterocycles. The maximum absolute atomic E-state index is 11.4. The fourth-order valence-corrected chi connectivity index (χ4v) is 2.74. The molecular weight excluding hydrogens is 316 g/mol. The van der Waals surface area contributed by atoms with Gasteiger partial charge in [-0.2, -0.15) is 24.2 Å². The van der Waals surface area contributed by atoms with Crippen molar-refractivity contribution >= 4 is 26.6 Å². The minimum absolute atomic E-state index is 0.243. The number of allylic oxidation sites excluding steroid dienone is 2. The average Bonchev–Trinajstić information content (AvgIpc) is 2.53. The first-order chi connectivity index (χ1) is 10.9. The number of hydrogen-bond donors (Lipinski definition) is 2. The van der Waals surface area contributed by atoms with Gasteiger partial charge in [-0.25, -0.2) is 0 Å². The maximum Gasteiger partial charge on any atom is 0.295 e. The highest BCUT2D eigenvalue weighted by Crippen LogP contribution is 2.29. The van der Waals surface area contributed by atoms with Crippen LogP contribution in [0.1, 0.15) is 0 Å². The Morgan fingerprint density at radius 1 is 0.957 bits per heavy atom. The Kier molecular flexibility index (Phi) is 4.29. The summed E-state index contributed by atoms with van der Waals surface area (Å²) in [5.74, 6) is 0. The van der Waals surface area contributed by atoms with Gasteiger partial charge in [0.05, 0.1) is 0 Å². The fourth-order valence-electron chi connectivity index (χ4n) is 2.03. The minimum atomic E-state index is -4.42. The lowest BCUT2D eigenvalue weighted by atomic mass is 10.1. The van der Waals surface area contributed by atoms with Crippen LogP contribution in [0.5, 0.6) is 0 Å². The molecule has 0 aliphatic carbocycles. The SMILES string of the molecule is N#CC(C#N)=C(C#N)Nc1cccc2c(S(=O)(=O)O)cccc12. The van der Waals surface area contributed by atoms with E-state index in [-0.39, 0.29) is 16.0 Å². The van der Waals surface area contributed by atoms with Gasteiger partial charge in [-0.1, -0.05) is 24.3 Å². The number of benzene rings is 2. The summed E-state index contributed by atoms with van der Waals surface area (Å²) in [6, 6.07) is 13.8. The Bertz CT molecular complexity index is 1030. The predicted molar refractivity (Wildman–Crippen MR) is 81.3 cm³/mol. The quantitative estimate of drug-likeness (QED) is 0.652. The largest absolute Gasteiger partial charge is 0.345 e. The summed E-state index contributed by atoms with van der Waals surface area (Å²) < 4.78 is 32.1. The van der Waals surface area contributed by atoms with E-state index in [4.69, 9.17) is 15.8 Å². The van der Waals surface area contributed by atoms with Crippen molar-refractivity contribution in [3.8, 4) is 18.2 Å². The van der Waals surface area contributed by atoms with Gasteiger partial charge in [-0.15, -0.1) is 0 Å². The highest BCUT2D eigenvalue weighted by molar-refractivity contribution is 7.86. The van der Waals surface area contributed by atoms with E-state index in [1.165, 1.54) is 24.3 Å². The molecule has 0 bridgehead atoms. The summed E-state index contributed by atoms with van der Waals surface area (Å²) in [6.07, 6.45) is 0. The summed E-state index contributed by atoms with van der Waals surface area (Å²) in [5.41, 5.74) is -0.317. The van der Waals surface area contributed by atoms with Gasteiger partial charge in [0.2, 0.25) is 0 Å². The molecule has 23 heavy (non-hydrogen) atoms. The van der Waals surface area contributed by atoms with Crippen LogP contribution in [0.2, 0.25) is 0 Å². The van der Waals surface area contributed by atoms with Crippen molar-refractivity contribution in [2.45, 2.75) is 4.90 Å². The molecular formula is C15H8N4O3S. The third-order valence-electron chi connectivity index (χ3n) is 3.01. The van der Waals surface area contributed by atoms with Crippen molar-refractivity contribution < 1.29 is 13.0 Å². The van der Waals surface area contributed by atoms with Crippen LogP contribution in [-0.4, -0.2) is 13.0 Å². The highest BCUT2D eigenvalue weighted by Gasteiger charge is 2.15. The van der Waals surface area contributed by atoms with Gasteiger partial charge in [0.15, 0.2) is 5.57 Å². The predicted octanol–water partition coefficient (Wildman–Crippen LogP) is 2.32. The number of nitriles is 3. The van der Waals surface area contributed by atoms with Crippen molar-refractivity contribution in [3.63, 3.8) is 0 Å². The third-order valence-corrected chi connectivity index (χ3v) is 3.92. The van der Waals surface area contributed by atoms with Gasteiger partial charge in [0.1, 0.15) is 28.8 Å². The highest BCUT2D eigenvalue weighted by atomic mass is 32.2. The molecule has 0 aliphatic heterocycles. The molecule has 8 heteroatoms. The third kappa shape index (κ3) is 3.12. The molecule has 0 aromatic heterocycles. The Morgan fingerprint density at radius 2 is 1.57 bits per heavy atom. The molecule has 2 N–H and O–H groups in total. The zero-order valence-corrected chi connectivity index (χ0v) is 12.3. The number of hydrogen-bond acceptors (Lipinski definition) is 6. The second kappa shape index (κ2) is 6.17. The van der Waals surface area contributed by atoms with Crippen molar-refractivity contribution in [2.24, 2.45) is 0 Å². The van der Waals surface area contributed by atoms with E-state index in [1.807, 2.05) is 0 Å². The van der Waals surface area contributed by atoms with Crippen molar-refractivity contribution in [2.75, 3.05) is 5.32 Å². The van der Waals surface area contributed by atoms with E-state index < -0.39 is 15.7 Å². The Labute approximate surface area is 132 Å². The van der Waals surface area contributed by atoms with Crippen LogP contribution in [0.4, 0.5) is 5.69 Å².